The summed E-state index contributed by atoms with van der Waals surface area (Å²) < 4.78 is 0. The van der Waals surface area contributed by atoms with Crippen LogP contribution in [0.4, 0.5) is 0 Å². The zero-order valence-electron chi connectivity index (χ0n) is 7.40. The largest absolute Gasteiger partial charge is 0.389 e. The first kappa shape index (κ1) is 9.49. The van der Waals surface area contributed by atoms with Crippen molar-refractivity contribution in [1.82, 2.24) is 4.98 Å². The number of rotatable bonds is 2. The average Bonchev–Trinajstić information content (AvgIpc) is 2.67. The molecule has 1 saturated heterocycles. The molecule has 0 aromatic carbocycles. The summed E-state index contributed by atoms with van der Waals surface area (Å²) in [6.45, 7) is 0.0894. The minimum absolute atomic E-state index is 0.0894. The second-order valence-corrected chi connectivity index (χ2v) is 5.38. The highest BCUT2D eigenvalue weighted by Gasteiger charge is 2.18. The zero-order chi connectivity index (χ0) is 9.10. The van der Waals surface area contributed by atoms with E-state index < -0.39 is 0 Å². The molecule has 0 radical (unpaired) electrons. The smallest absolute Gasteiger partial charge is 0.118 e. The molecule has 2 nitrogen and oxygen atoms in total. The Kier molecular flexibility index (Phi) is 3.24. The predicted molar refractivity (Wildman–Crippen MR) is 57.3 cm³/mol. The van der Waals surface area contributed by atoms with Gasteiger partial charge in [-0.15, -0.1) is 11.3 Å². The first-order valence-corrected chi connectivity index (χ1v) is 6.56. The average molecular weight is 215 g/mol. The van der Waals surface area contributed by atoms with E-state index in [-0.39, 0.29) is 6.61 Å². The van der Waals surface area contributed by atoms with Gasteiger partial charge >= 0.3 is 0 Å². The van der Waals surface area contributed by atoms with Gasteiger partial charge in [0.2, 0.25) is 0 Å². The van der Waals surface area contributed by atoms with Gasteiger partial charge in [-0.25, -0.2) is 4.98 Å². The molecule has 0 amide bonds. The van der Waals surface area contributed by atoms with Crippen LogP contribution in [0.5, 0.6) is 0 Å². The number of aromatic nitrogens is 1. The van der Waals surface area contributed by atoms with Gasteiger partial charge in [-0.3, -0.25) is 0 Å². The summed E-state index contributed by atoms with van der Waals surface area (Å²) in [5.41, 5.74) is 1.20. The van der Waals surface area contributed by atoms with Crippen molar-refractivity contribution in [2.45, 2.75) is 25.4 Å². The molecule has 13 heavy (non-hydrogen) atoms. The van der Waals surface area contributed by atoms with E-state index in [1.54, 1.807) is 11.3 Å². The minimum Gasteiger partial charge on any atom is -0.389 e. The Morgan fingerprint density at radius 2 is 2.23 bits per heavy atom. The van der Waals surface area contributed by atoms with Crippen LogP contribution in [0.3, 0.4) is 0 Å². The van der Waals surface area contributed by atoms with E-state index in [1.165, 1.54) is 30.0 Å². The maximum absolute atomic E-state index is 8.89. The minimum atomic E-state index is 0.0894. The molecule has 1 aromatic rings. The fraction of sp³-hybridized carbons (Fsp3) is 0.667. The first-order chi connectivity index (χ1) is 6.40. The number of thioether (sulfide) groups is 1. The van der Waals surface area contributed by atoms with Crippen LogP contribution in [-0.4, -0.2) is 21.6 Å². The van der Waals surface area contributed by atoms with Gasteiger partial charge in [0.15, 0.2) is 0 Å². The summed E-state index contributed by atoms with van der Waals surface area (Å²) in [6.07, 6.45) is 2.50. The van der Waals surface area contributed by atoms with Gasteiger partial charge in [-0.1, -0.05) is 0 Å². The number of hydrogen-bond donors (Lipinski definition) is 1. The molecule has 0 unspecified atom stereocenters. The fourth-order valence-electron chi connectivity index (χ4n) is 1.58. The van der Waals surface area contributed by atoms with E-state index >= 15 is 0 Å². The number of hydrogen-bond acceptors (Lipinski definition) is 4. The maximum Gasteiger partial charge on any atom is 0.118 e. The summed E-state index contributed by atoms with van der Waals surface area (Å²) in [7, 11) is 0. The van der Waals surface area contributed by atoms with Crippen LogP contribution < -0.4 is 0 Å². The Labute approximate surface area is 86.4 Å². The Balaban J connectivity index is 2.05. The number of thiazole rings is 1. The van der Waals surface area contributed by atoms with E-state index in [1.807, 2.05) is 11.8 Å². The van der Waals surface area contributed by atoms with Gasteiger partial charge in [-0.2, -0.15) is 11.8 Å². The topological polar surface area (TPSA) is 33.1 Å². The van der Waals surface area contributed by atoms with Crippen molar-refractivity contribution in [2.24, 2.45) is 0 Å². The molecule has 2 heterocycles. The van der Waals surface area contributed by atoms with Gasteiger partial charge in [0.1, 0.15) is 5.01 Å². The van der Waals surface area contributed by atoms with Crippen molar-refractivity contribution in [3.05, 3.63) is 16.1 Å². The van der Waals surface area contributed by atoms with E-state index in [0.717, 1.165) is 5.01 Å². The van der Waals surface area contributed by atoms with Crippen molar-refractivity contribution in [1.29, 1.82) is 0 Å². The van der Waals surface area contributed by atoms with Crippen LogP contribution in [0.15, 0.2) is 5.38 Å². The van der Waals surface area contributed by atoms with Crippen molar-refractivity contribution < 1.29 is 5.11 Å². The Morgan fingerprint density at radius 1 is 1.46 bits per heavy atom. The molecule has 1 aliphatic rings. The third-order valence-corrected chi connectivity index (χ3v) is 4.24. The summed E-state index contributed by atoms with van der Waals surface area (Å²) in [6, 6.07) is 0. The number of nitrogens with zero attached hydrogens (tertiary/aromatic N) is 1. The van der Waals surface area contributed by atoms with Gasteiger partial charge in [-0.05, 0) is 24.3 Å². The summed E-state index contributed by atoms with van der Waals surface area (Å²) >= 11 is 3.61. The molecule has 72 valence electrons. The van der Waals surface area contributed by atoms with Crippen molar-refractivity contribution >= 4 is 23.1 Å². The summed E-state index contributed by atoms with van der Waals surface area (Å²) in [4.78, 5) is 4.41. The fourth-order valence-corrected chi connectivity index (χ4v) is 3.42. The molecule has 2 rings (SSSR count). The zero-order valence-corrected chi connectivity index (χ0v) is 9.03. The summed E-state index contributed by atoms with van der Waals surface area (Å²) in [5, 5.41) is 11.9. The highest BCUT2D eigenvalue weighted by atomic mass is 32.2. The SMILES string of the molecule is OCc1nc(C2CCSCC2)cs1. The molecule has 1 fully saturated rings. The van der Waals surface area contributed by atoms with Gasteiger partial charge in [0.05, 0.1) is 12.3 Å². The quantitative estimate of drug-likeness (QED) is 0.821. The molecular weight excluding hydrogens is 202 g/mol. The molecule has 1 aromatic heterocycles. The lowest BCUT2D eigenvalue weighted by atomic mass is 10.0. The standard InChI is InChI=1S/C9H13NOS2/c11-5-9-10-8(6-13-9)7-1-3-12-4-2-7/h6-7,11H,1-5H2. The Hall–Kier alpha value is -0.0600. The molecule has 0 bridgehead atoms. The maximum atomic E-state index is 8.89. The lowest BCUT2D eigenvalue weighted by Crippen LogP contribution is -2.08. The highest BCUT2D eigenvalue weighted by Crippen LogP contribution is 2.31. The number of aliphatic hydroxyl groups is 1. The Morgan fingerprint density at radius 3 is 2.85 bits per heavy atom. The molecule has 0 aliphatic carbocycles. The molecule has 1 N–H and O–H groups in total. The second kappa shape index (κ2) is 4.44. The third kappa shape index (κ3) is 2.24. The lowest BCUT2D eigenvalue weighted by Gasteiger charge is -2.19. The predicted octanol–water partition coefficient (Wildman–Crippen LogP) is 2.25. The number of aliphatic hydroxyl groups excluding tert-OH is 1. The third-order valence-electron chi connectivity index (χ3n) is 2.34. The molecule has 1 aliphatic heterocycles. The van der Waals surface area contributed by atoms with Gasteiger partial charge < -0.3 is 5.11 Å². The highest BCUT2D eigenvalue weighted by molar-refractivity contribution is 7.99. The molecular formula is C9H13NOS2. The van der Waals surface area contributed by atoms with Crippen LogP contribution in [0.1, 0.15) is 29.5 Å². The van der Waals surface area contributed by atoms with E-state index in [9.17, 15) is 0 Å². The van der Waals surface area contributed by atoms with E-state index in [4.69, 9.17) is 5.11 Å². The molecule has 0 spiro atoms. The Bertz CT molecular complexity index is 268. The van der Waals surface area contributed by atoms with Crippen molar-refractivity contribution in [2.75, 3.05) is 11.5 Å². The molecule has 0 atom stereocenters. The van der Waals surface area contributed by atoms with Crippen LogP contribution in [-0.2, 0) is 6.61 Å². The van der Waals surface area contributed by atoms with E-state index in [2.05, 4.69) is 10.4 Å². The van der Waals surface area contributed by atoms with Crippen LogP contribution in [0.2, 0.25) is 0 Å². The lowest BCUT2D eigenvalue weighted by molar-refractivity contribution is 0.281. The van der Waals surface area contributed by atoms with Gasteiger partial charge in [0, 0.05) is 11.3 Å². The van der Waals surface area contributed by atoms with Crippen LogP contribution in [0.25, 0.3) is 0 Å². The van der Waals surface area contributed by atoms with Crippen LogP contribution in [0, 0.1) is 0 Å². The first-order valence-electron chi connectivity index (χ1n) is 4.53. The van der Waals surface area contributed by atoms with Crippen LogP contribution >= 0.6 is 23.1 Å². The van der Waals surface area contributed by atoms with Gasteiger partial charge in [0.25, 0.3) is 0 Å². The normalized spacial score (nSPS) is 19.2. The monoisotopic (exact) mass is 215 g/mol. The van der Waals surface area contributed by atoms with E-state index in [0.29, 0.717) is 5.92 Å². The van der Waals surface area contributed by atoms with Crippen molar-refractivity contribution in [3.8, 4) is 0 Å². The summed E-state index contributed by atoms with van der Waals surface area (Å²) in [5.74, 6) is 3.17. The molecule has 4 heteroatoms. The second-order valence-electron chi connectivity index (χ2n) is 3.21. The van der Waals surface area contributed by atoms with Crippen molar-refractivity contribution in [3.63, 3.8) is 0 Å². The molecule has 0 saturated carbocycles.